The lowest BCUT2D eigenvalue weighted by molar-refractivity contribution is 0.376. The minimum Gasteiger partial charge on any atom is -0.338 e. The van der Waals surface area contributed by atoms with E-state index in [0.717, 1.165) is 21.9 Å². The fourth-order valence-corrected chi connectivity index (χ4v) is 3.84. The Labute approximate surface area is 156 Å². The number of rotatable bonds is 5. The molecule has 4 rings (SSSR count). The summed E-state index contributed by atoms with van der Waals surface area (Å²) >= 11 is 0. The molecule has 0 amide bonds. The second kappa shape index (κ2) is 6.94. The van der Waals surface area contributed by atoms with E-state index in [1.165, 1.54) is 0 Å². The van der Waals surface area contributed by atoms with Crippen LogP contribution in [-0.4, -0.2) is 18.6 Å². The van der Waals surface area contributed by atoms with Crippen molar-refractivity contribution in [2.45, 2.75) is 18.4 Å². The summed E-state index contributed by atoms with van der Waals surface area (Å²) in [6.45, 7) is 1.88. The molecule has 0 spiro atoms. The van der Waals surface area contributed by atoms with Gasteiger partial charge in [-0.1, -0.05) is 59.8 Å². The molecule has 136 valence electrons. The van der Waals surface area contributed by atoms with Crippen molar-refractivity contribution >= 4 is 20.8 Å². The molecule has 1 N–H and O–H groups in total. The first-order valence-electron chi connectivity index (χ1n) is 8.40. The van der Waals surface area contributed by atoms with E-state index in [1.54, 1.807) is 18.2 Å². The normalized spacial score (nSPS) is 11.7. The van der Waals surface area contributed by atoms with Crippen LogP contribution in [0.1, 0.15) is 11.5 Å². The summed E-state index contributed by atoms with van der Waals surface area (Å²) in [6, 6.07) is 20.3. The highest BCUT2D eigenvalue weighted by atomic mass is 32.2. The summed E-state index contributed by atoms with van der Waals surface area (Å²) in [5, 5.41) is 5.78. The van der Waals surface area contributed by atoms with Gasteiger partial charge in [-0.25, -0.2) is 13.1 Å². The van der Waals surface area contributed by atoms with Crippen LogP contribution in [0.5, 0.6) is 0 Å². The summed E-state index contributed by atoms with van der Waals surface area (Å²) in [5.74, 6) is 0.644. The Morgan fingerprint density at radius 2 is 1.70 bits per heavy atom. The molecule has 0 unspecified atom stereocenters. The van der Waals surface area contributed by atoms with Gasteiger partial charge in [0.1, 0.15) is 0 Å². The molecular weight excluding hydrogens is 362 g/mol. The minimum atomic E-state index is -3.69. The third-order valence-corrected chi connectivity index (χ3v) is 5.70. The Bertz CT molecular complexity index is 1220. The fraction of sp³-hybridized carbons (Fsp3) is 0.100. The van der Waals surface area contributed by atoms with E-state index in [2.05, 4.69) is 14.9 Å². The summed E-state index contributed by atoms with van der Waals surface area (Å²) in [6.07, 6.45) is 0. The molecule has 1 aromatic heterocycles. The van der Waals surface area contributed by atoms with Crippen molar-refractivity contribution in [1.82, 2.24) is 14.9 Å². The van der Waals surface area contributed by atoms with Gasteiger partial charge < -0.3 is 4.52 Å². The smallest absolute Gasteiger partial charge is 0.242 e. The van der Waals surface area contributed by atoms with Gasteiger partial charge >= 0.3 is 0 Å². The predicted octanol–water partition coefficient (Wildman–Crippen LogP) is 3.68. The molecule has 0 aliphatic carbocycles. The number of sulfonamides is 1. The molecule has 0 radical (unpaired) electrons. The number of hydrogen-bond donors (Lipinski definition) is 1. The van der Waals surface area contributed by atoms with Crippen LogP contribution in [0.25, 0.3) is 22.2 Å². The van der Waals surface area contributed by atoms with E-state index < -0.39 is 10.0 Å². The SMILES string of the molecule is Cc1ccccc1-c1noc(CNS(=O)(=O)c2ccc3ccccc3c2)n1. The predicted molar refractivity (Wildman–Crippen MR) is 102 cm³/mol. The van der Waals surface area contributed by atoms with E-state index in [9.17, 15) is 8.42 Å². The van der Waals surface area contributed by atoms with Crippen LogP contribution in [0.2, 0.25) is 0 Å². The Morgan fingerprint density at radius 3 is 2.52 bits per heavy atom. The van der Waals surface area contributed by atoms with Gasteiger partial charge in [0.05, 0.1) is 11.4 Å². The van der Waals surface area contributed by atoms with Crippen LogP contribution in [0.4, 0.5) is 0 Å². The first-order chi connectivity index (χ1) is 13.0. The van der Waals surface area contributed by atoms with Gasteiger partial charge in [0.15, 0.2) is 0 Å². The van der Waals surface area contributed by atoms with Gasteiger partial charge in [-0.2, -0.15) is 4.98 Å². The molecular formula is C20H17N3O3S. The van der Waals surface area contributed by atoms with Crippen LogP contribution in [0, 0.1) is 6.92 Å². The maximum atomic E-state index is 12.6. The monoisotopic (exact) mass is 379 g/mol. The summed E-state index contributed by atoms with van der Waals surface area (Å²) in [7, 11) is -3.69. The topological polar surface area (TPSA) is 85.1 Å². The van der Waals surface area contributed by atoms with Crippen LogP contribution in [0.15, 0.2) is 76.1 Å². The minimum absolute atomic E-state index is 0.0754. The van der Waals surface area contributed by atoms with E-state index in [0.29, 0.717) is 5.82 Å². The zero-order valence-electron chi connectivity index (χ0n) is 14.6. The zero-order valence-corrected chi connectivity index (χ0v) is 15.4. The van der Waals surface area contributed by atoms with Crippen molar-refractivity contribution in [2.24, 2.45) is 0 Å². The third kappa shape index (κ3) is 3.60. The highest BCUT2D eigenvalue weighted by Crippen LogP contribution is 2.21. The Hall–Kier alpha value is -3.03. The van der Waals surface area contributed by atoms with Crippen molar-refractivity contribution in [2.75, 3.05) is 0 Å². The van der Waals surface area contributed by atoms with E-state index in [1.807, 2.05) is 55.5 Å². The highest BCUT2D eigenvalue weighted by molar-refractivity contribution is 7.89. The molecule has 0 bridgehead atoms. The molecule has 0 aliphatic rings. The quantitative estimate of drug-likeness (QED) is 0.572. The second-order valence-electron chi connectivity index (χ2n) is 6.16. The van der Waals surface area contributed by atoms with Crippen LogP contribution >= 0.6 is 0 Å². The van der Waals surface area contributed by atoms with Gasteiger partial charge in [-0.15, -0.1) is 0 Å². The lowest BCUT2D eigenvalue weighted by Crippen LogP contribution is -2.23. The van der Waals surface area contributed by atoms with Gasteiger partial charge in [0.25, 0.3) is 0 Å². The average molecular weight is 379 g/mol. The van der Waals surface area contributed by atoms with Crippen molar-refractivity contribution in [3.05, 3.63) is 78.2 Å². The van der Waals surface area contributed by atoms with Crippen molar-refractivity contribution in [1.29, 1.82) is 0 Å². The molecule has 0 saturated carbocycles. The Balaban J connectivity index is 1.53. The summed E-state index contributed by atoms with van der Waals surface area (Å²) in [5.41, 5.74) is 1.87. The Morgan fingerprint density at radius 1 is 0.963 bits per heavy atom. The molecule has 0 aliphatic heterocycles. The molecule has 6 nitrogen and oxygen atoms in total. The molecule has 0 atom stereocenters. The Kier molecular flexibility index (Phi) is 4.47. The molecule has 0 saturated heterocycles. The molecule has 27 heavy (non-hydrogen) atoms. The van der Waals surface area contributed by atoms with Crippen LogP contribution < -0.4 is 4.72 Å². The van der Waals surface area contributed by atoms with E-state index in [-0.39, 0.29) is 17.3 Å². The first kappa shape index (κ1) is 17.4. The van der Waals surface area contributed by atoms with Gasteiger partial charge in [0, 0.05) is 5.56 Å². The molecule has 3 aromatic carbocycles. The number of benzene rings is 3. The summed E-state index contributed by atoms with van der Waals surface area (Å²) in [4.78, 5) is 4.48. The van der Waals surface area contributed by atoms with Gasteiger partial charge in [0.2, 0.25) is 21.7 Å². The number of fused-ring (bicyclic) bond motifs is 1. The maximum absolute atomic E-state index is 12.6. The lowest BCUT2D eigenvalue weighted by Gasteiger charge is -2.06. The number of nitrogens with one attached hydrogen (secondary N) is 1. The first-order valence-corrected chi connectivity index (χ1v) is 9.88. The molecule has 7 heteroatoms. The fourth-order valence-electron chi connectivity index (χ4n) is 2.83. The lowest BCUT2D eigenvalue weighted by atomic mass is 10.1. The molecule has 1 heterocycles. The highest BCUT2D eigenvalue weighted by Gasteiger charge is 2.17. The second-order valence-corrected chi connectivity index (χ2v) is 7.93. The van der Waals surface area contributed by atoms with Gasteiger partial charge in [-0.05, 0) is 35.4 Å². The van der Waals surface area contributed by atoms with Crippen LogP contribution in [0.3, 0.4) is 0 Å². The van der Waals surface area contributed by atoms with Crippen molar-refractivity contribution < 1.29 is 12.9 Å². The number of aromatic nitrogens is 2. The number of nitrogens with zero attached hydrogens (tertiary/aromatic N) is 2. The standard InChI is InChI=1S/C20H17N3O3S/c1-14-6-2-5-9-18(14)20-22-19(26-23-20)13-21-27(24,25)17-11-10-15-7-3-4-8-16(15)12-17/h2-12,21H,13H2,1H3. The largest absolute Gasteiger partial charge is 0.338 e. The average Bonchev–Trinajstić information content (AvgIpc) is 3.15. The number of aryl methyl sites for hydroxylation is 1. The van der Waals surface area contributed by atoms with Gasteiger partial charge in [-0.3, -0.25) is 0 Å². The van der Waals surface area contributed by atoms with E-state index >= 15 is 0 Å². The molecule has 0 fully saturated rings. The number of hydrogen-bond acceptors (Lipinski definition) is 5. The van der Waals surface area contributed by atoms with E-state index in [4.69, 9.17) is 4.52 Å². The van der Waals surface area contributed by atoms with Crippen molar-refractivity contribution in [3.8, 4) is 11.4 Å². The summed E-state index contributed by atoms with van der Waals surface area (Å²) < 4.78 is 32.9. The zero-order chi connectivity index (χ0) is 18.9. The maximum Gasteiger partial charge on any atom is 0.242 e. The molecule has 4 aromatic rings. The van der Waals surface area contributed by atoms with Crippen LogP contribution in [-0.2, 0) is 16.6 Å². The third-order valence-electron chi connectivity index (χ3n) is 4.30. The van der Waals surface area contributed by atoms with Crippen molar-refractivity contribution in [3.63, 3.8) is 0 Å².